The number of hydrogen-bond donors (Lipinski definition) is 0. The van der Waals surface area contributed by atoms with Gasteiger partial charge < -0.3 is 0 Å². The van der Waals surface area contributed by atoms with Crippen molar-refractivity contribution in [3.05, 3.63) is 36.4 Å². The van der Waals surface area contributed by atoms with E-state index >= 15 is 0 Å². The van der Waals surface area contributed by atoms with Crippen molar-refractivity contribution in [1.82, 2.24) is 0 Å². The molecule has 0 saturated carbocycles. The van der Waals surface area contributed by atoms with Crippen LogP contribution in [-0.2, 0) is 0 Å². The van der Waals surface area contributed by atoms with Crippen molar-refractivity contribution in [3.63, 3.8) is 0 Å². The van der Waals surface area contributed by atoms with Gasteiger partial charge in [0.25, 0.3) is 0 Å². The van der Waals surface area contributed by atoms with Crippen molar-refractivity contribution in [2.75, 3.05) is 0 Å². The second kappa shape index (κ2) is 3.06. The Balaban J connectivity index is 3.15. The molecule has 1 aromatic carbocycles. The summed E-state index contributed by atoms with van der Waals surface area (Å²) in [6, 6.07) is 8.29. The molecule has 1 aromatic rings. The molecule has 9 heavy (non-hydrogen) atoms. The topological polar surface area (TPSA) is 0 Å². The summed E-state index contributed by atoms with van der Waals surface area (Å²) in [6.07, 6.45) is 1.89. The Hall–Kier alpha value is -0.241. The average molecular weight is 222 g/mol. The fraction of sp³-hybridized carbons (Fsp3) is 0. The molecule has 0 bridgehead atoms. The molecule has 0 aliphatic rings. The molecule has 0 aliphatic heterocycles. The van der Waals surface area contributed by atoms with Gasteiger partial charge in [-0.25, -0.2) is 0 Å². The molecule has 0 heterocycles. The minimum absolute atomic E-state index is 1.26. The summed E-state index contributed by atoms with van der Waals surface area (Å²) < 4.78 is 1.37. The van der Waals surface area contributed by atoms with Gasteiger partial charge in [-0.05, 0) is 0 Å². The summed E-state index contributed by atoms with van der Waals surface area (Å²) in [4.78, 5) is 0. The predicted molar refractivity (Wildman–Crippen MR) is 41.9 cm³/mol. The molecule has 43 valence electrons. The van der Waals surface area contributed by atoms with Gasteiger partial charge in [0.1, 0.15) is 0 Å². The van der Waals surface area contributed by atoms with Gasteiger partial charge in [0, 0.05) is 0 Å². The van der Waals surface area contributed by atoms with Gasteiger partial charge in [-0.15, -0.1) is 0 Å². The average Bonchev–Trinajstić information content (AvgIpc) is 1.89. The van der Waals surface area contributed by atoms with Crippen LogP contribution in [0.3, 0.4) is 0 Å². The Labute approximate surface area is 68.7 Å². The molecule has 0 atom stereocenters. The molecule has 1 rings (SSSR count). The van der Waals surface area contributed by atoms with E-state index in [0.29, 0.717) is 0 Å². The second-order valence-electron chi connectivity index (χ2n) is 1.79. The van der Waals surface area contributed by atoms with Gasteiger partial charge in [-0.1, -0.05) is 0 Å². The first-order valence-corrected chi connectivity index (χ1v) is 4.20. The second-order valence-corrected chi connectivity index (χ2v) is 3.33. The molecule has 3 radical (unpaired) electrons. The summed E-state index contributed by atoms with van der Waals surface area (Å²) in [5, 5.41) is 0. The van der Waals surface area contributed by atoms with Crippen molar-refractivity contribution >= 4 is 32.2 Å². The Kier molecular flexibility index (Phi) is 2.34. The van der Waals surface area contributed by atoms with Gasteiger partial charge in [0.15, 0.2) is 0 Å². The standard InChI is InChI=1S/C8H7.Sn/c1-2-8-6-4-3-5-7-8;/h2-6H,1H2;. The van der Waals surface area contributed by atoms with Gasteiger partial charge in [0.05, 0.1) is 0 Å². The first-order chi connectivity index (χ1) is 4.34. The first-order valence-electron chi connectivity index (χ1n) is 2.77. The third-order valence-corrected chi connectivity index (χ3v) is 2.48. The van der Waals surface area contributed by atoms with E-state index in [1.807, 2.05) is 12.1 Å². The van der Waals surface area contributed by atoms with Crippen LogP contribution in [0, 0.1) is 0 Å². The summed E-state index contributed by atoms with van der Waals surface area (Å²) in [6.45, 7) is 3.71. The van der Waals surface area contributed by atoms with Crippen molar-refractivity contribution < 1.29 is 0 Å². The normalized spacial score (nSPS) is 9.00. The zero-order valence-corrected chi connectivity index (χ0v) is 7.95. The maximum atomic E-state index is 3.71. The van der Waals surface area contributed by atoms with Gasteiger partial charge in [-0.2, -0.15) is 0 Å². The summed E-state index contributed by atoms with van der Waals surface area (Å²) in [5.74, 6) is 0. The van der Waals surface area contributed by atoms with E-state index in [9.17, 15) is 0 Å². The van der Waals surface area contributed by atoms with E-state index in [0.717, 1.165) is 0 Å². The predicted octanol–water partition coefficient (Wildman–Crippen LogP) is 1.12. The van der Waals surface area contributed by atoms with E-state index in [2.05, 4.69) is 24.8 Å². The molecular formula is C8H7Sn. The molecule has 0 amide bonds. The zero-order chi connectivity index (χ0) is 6.69. The van der Waals surface area contributed by atoms with E-state index < -0.39 is 0 Å². The molecule has 0 saturated heterocycles. The molecule has 0 aliphatic carbocycles. The van der Waals surface area contributed by atoms with E-state index in [1.165, 1.54) is 31.7 Å². The Morgan fingerprint density at radius 2 is 2.00 bits per heavy atom. The van der Waals surface area contributed by atoms with Crippen LogP contribution in [0.25, 0.3) is 6.08 Å². The van der Waals surface area contributed by atoms with Gasteiger partial charge >= 0.3 is 68.6 Å². The monoisotopic (exact) mass is 223 g/mol. The van der Waals surface area contributed by atoms with Gasteiger partial charge in [0.2, 0.25) is 0 Å². The number of rotatable bonds is 1. The molecule has 0 fully saturated rings. The van der Waals surface area contributed by atoms with E-state index in [-0.39, 0.29) is 0 Å². The molecule has 1 heteroatoms. The third kappa shape index (κ3) is 1.58. The summed E-state index contributed by atoms with van der Waals surface area (Å²) in [5.41, 5.74) is 1.26. The molecule has 0 unspecified atom stereocenters. The molecule has 0 spiro atoms. The van der Waals surface area contributed by atoms with Crippen LogP contribution in [0.2, 0.25) is 0 Å². The molecule has 0 aromatic heterocycles. The number of benzene rings is 1. The van der Waals surface area contributed by atoms with Crippen molar-refractivity contribution in [2.24, 2.45) is 0 Å². The Bertz CT molecular complexity index is 216. The Morgan fingerprint density at radius 1 is 1.33 bits per heavy atom. The van der Waals surface area contributed by atoms with Gasteiger partial charge in [-0.3, -0.25) is 0 Å². The Morgan fingerprint density at radius 3 is 2.44 bits per heavy atom. The first kappa shape index (κ1) is 6.87. The van der Waals surface area contributed by atoms with Crippen LogP contribution in [0.15, 0.2) is 30.8 Å². The quantitative estimate of drug-likeness (QED) is 0.624. The van der Waals surface area contributed by atoms with Crippen LogP contribution in [-0.4, -0.2) is 22.5 Å². The van der Waals surface area contributed by atoms with E-state index in [1.54, 1.807) is 0 Å². The molecular weight excluding hydrogens is 215 g/mol. The molecule has 0 nitrogen and oxygen atoms in total. The van der Waals surface area contributed by atoms with Crippen LogP contribution >= 0.6 is 0 Å². The van der Waals surface area contributed by atoms with Crippen LogP contribution in [0.5, 0.6) is 0 Å². The van der Waals surface area contributed by atoms with E-state index in [4.69, 9.17) is 0 Å². The summed E-state index contributed by atoms with van der Waals surface area (Å²) in [7, 11) is 0. The van der Waals surface area contributed by atoms with Crippen LogP contribution < -0.4 is 3.58 Å². The number of hydrogen-bond acceptors (Lipinski definition) is 0. The summed E-state index contributed by atoms with van der Waals surface area (Å²) >= 11 is 1.45. The third-order valence-electron chi connectivity index (χ3n) is 1.18. The fourth-order valence-electron chi connectivity index (χ4n) is 0.675. The zero-order valence-electron chi connectivity index (χ0n) is 5.09. The minimum atomic E-state index is 1.26. The fourth-order valence-corrected chi connectivity index (χ4v) is 1.48. The van der Waals surface area contributed by atoms with Crippen molar-refractivity contribution in [3.8, 4) is 0 Å². The van der Waals surface area contributed by atoms with Crippen molar-refractivity contribution in [1.29, 1.82) is 0 Å². The SMILES string of the molecule is C=Cc1cccc[c]1[Sn]. The van der Waals surface area contributed by atoms with Crippen LogP contribution in [0.1, 0.15) is 5.56 Å². The molecule has 0 N–H and O–H groups in total. The van der Waals surface area contributed by atoms with Crippen molar-refractivity contribution in [2.45, 2.75) is 0 Å². The van der Waals surface area contributed by atoms with Crippen LogP contribution in [0.4, 0.5) is 0 Å². The maximum absolute atomic E-state index is 3.71.